The Hall–Kier alpha value is -1.69. The minimum Gasteiger partial charge on any atom is -0.397 e. The first-order valence-electron chi connectivity index (χ1n) is 5.81. The minimum atomic E-state index is -0.142. The second-order valence-corrected chi connectivity index (χ2v) is 5.60. The molecule has 0 aliphatic carbocycles. The Balaban J connectivity index is 2.31. The number of fused-ring (bicyclic) bond motifs is 1. The number of hydrogen-bond acceptors (Lipinski definition) is 5. The lowest BCUT2D eigenvalue weighted by molar-refractivity contribution is 0.0935. The normalized spacial score (nSPS) is 12.9. The molecule has 2 heterocycles. The van der Waals surface area contributed by atoms with Crippen LogP contribution in [-0.2, 0) is 0 Å². The molecule has 3 N–H and O–H groups in total. The van der Waals surface area contributed by atoms with Crippen molar-refractivity contribution in [1.82, 2.24) is 15.5 Å². The maximum absolute atomic E-state index is 12.1. The van der Waals surface area contributed by atoms with Gasteiger partial charge in [0.15, 0.2) is 0 Å². The van der Waals surface area contributed by atoms with Crippen molar-refractivity contribution in [1.29, 1.82) is 0 Å². The Morgan fingerprint density at radius 2 is 2.17 bits per heavy atom. The fourth-order valence-corrected chi connectivity index (χ4v) is 2.42. The second kappa shape index (κ2) is 4.89. The quantitative estimate of drug-likeness (QED) is 0.889. The molecule has 0 aromatic carbocycles. The number of nitrogens with two attached hydrogens (primary N) is 1. The first-order chi connectivity index (χ1) is 8.50. The zero-order valence-electron chi connectivity index (χ0n) is 10.6. The van der Waals surface area contributed by atoms with Crippen molar-refractivity contribution in [2.45, 2.75) is 26.8 Å². The maximum atomic E-state index is 12.1. The Kier molecular flexibility index (Phi) is 3.47. The van der Waals surface area contributed by atoms with Gasteiger partial charge in [-0.05, 0) is 18.9 Å². The lowest BCUT2D eigenvalue weighted by Crippen LogP contribution is -2.35. The van der Waals surface area contributed by atoms with Crippen molar-refractivity contribution >= 4 is 33.1 Å². The summed E-state index contributed by atoms with van der Waals surface area (Å²) in [7, 11) is 0. The van der Waals surface area contributed by atoms with Gasteiger partial charge in [0.05, 0.1) is 11.9 Å². The molecule has 0 spiro atoms. The zero-order valence-corrected chi connectivity index (χ0v) is 11.4. The molecule has 2 rings (SSSR count). The zero-order chi connectivity index (χ0) is 13.3. The van der Waals surface area contributed by atoms with E-state index in [0.29, 0.717) is 21.3 Å². The van der Waals surface area contributed by atoms with E-state index in [1.54, 1.807) is 12.3 Å². The van der Waals surface area contributed by atoms with Crippen molar-refractivity contribution in [3.8, 4) is 0 Å². The summed E-state index contributed by atoms with van der Waals surface area (Å²) in [6.45, 7) is 6.10. The van der Waals surface area contributed by atoms with Crippen LogP contribution in [0.1, 0.15) is 30.4 Å². The summed E-state index contributed by atoms with van der Waals surface area (Å²) in [6.07, 6.45) is 1.57. The van der Waals surface area contributed by atoms with Crippen molar-refractivity contribution in [3.63, 3.8) is 0 Å². The number of rotatable bonds is 3. The van der Waals surface area contributed by atoms with Crippen LogP contribution in [-0.4, -0.2) is 22.1 Å². The van der Waals surface area contributed by atoms with Crippen LogP contribution in [0.4, 0.5) is 5.69 Å². The minimum absolute atomic E-state index is 0.105. The highest BCUT2D eigenvalue weighted by Crippen LogP contribution is 2.31. The standard InChI is InChI=1S/C12H16N4OS/c1-6(2)7(3)15-11(17)10-9(13)8-4-5-14-16-12(8)18-10/h4-7H,13H2,1-3H3,(H,15,17). The van der Waals surface area contributed by atoms with Gasteiger partial charge >= 0.3 is 0 Å². The molecule has 0 fully saturated rings. The molecule has 1 atom stereocenters. The van der Waals surface area contributed by atoms with Gasteiger partial charge in [0.1, 0.15) is 9.71 Å². The third-order valence-electron chi connectivity index (χ3n) is 2.99. The Bertz CT molecular complexity index is 578. The average Bonchev–Trinajstić information content (AvgIpc) is 2.67. The summed E-state index contributed by atoms with van der Waals surface area (Å²) >= 11 is 1.28. The fourth-order valence-electron chi connectivity index (χ4n) is 1.48. The molecule has 1 amide bonds. The van der Waals surface area contributed by atoms with Gasteiger partial charge in [0, 0.05) is 11.4 Å². The lowest BCUT2D eigenvalue weighted by Gasteiger charge is -2.16. The third kappa shape index (κ3) is 2.28. The molecule has 0 radical (unpaired) electrons. The summed E-state index contributed by atoms with van der Waals surface area (Å²) in [5, 5.41) is 11.5. The molecular weight excluding hydrogens is 248 g/mol. The van der Waals surface area contributed by atoms with E-state index in [2.05, 4.69) is 29.4 Å². The average molecular weight is 264 g/mol. The number of hydrogen-bond donors (Lipinski definition) is 2. The van der Waals surface area contributed by atoms with E-state index in [1.807, 2.05) is 6.92 Å². The van der Waals surface area contributed by atoms with Crippen LogP contribution in [0.15, 0.2) is 12.3 Å². The maximum Gasteiger partial charge on any atom is 0.263 e. The Labute approximate surface area is 109 Å². The number of carbonyl (C=O) groups is 1. The van der Waals surface area contributed by atoms with E-state index < -0.39 is 0 Å². The van der Waals surface area contributed by atoms with E-state index in [1.165, 1.54) is 11.3 Å². The molecule has 1 unspecified atom stereocenters. The van der Waals surface area contributed by atoms with E-state index in [-0.39, 0.29) is 11.9 Å². The predicted octanol–water partition coefficient (Wildman–Crippen LogP) is 2.05. The molecule has 96 valence electrons. The highest BCUT2D eigenvalue weighted by Gasteiger charge is 2.19. The molecule has 0 saturated carbocycles. The predicted molar refractivity (Wildman–Crippen MR) is 73.6 cm³/mol. The van der Waals surface area contributed by atoms with Crippen LogP contribution < -0.4 is 11.1 Å². The van der Waals surface area contributed by atoms with Gasteiger partial charge in [0.25, 0.3) is 5.91 Å². The van der Waals surface area contributed by atoms with Gasteiger partial charge in [-0.2, -0.15) is 5.10 Å². The fraction of sp³-hybridized carbons (Fsp3) is 0.417. The molecule has 5 nitrogen and oxygen atoms in total. The molecule has 18 heavy (non-hydrogen) atoms. The highest BCUT2D eigenvalue weighted by molar-refractivity contribution is 7.21. The van der Waals surface area contributed by atoms with Gasteiger partial charge in [-0.3, -0.25) is 4.79 Å². The van der Waals surface area contributed by atoms with Crippen molar-refractivity contribution < 1.29 is 4.79 Å². The van der Waals surface area contributed by atoms with Gasteiger partial charge in [-0.25, -0.2) is 0 Å². The molecule has 0 saturated heterocycles. The SMILES string of the molecule is CC(C)C(C)NC(=O)c1sc2nnccc2c1N. The summed E-state index contributed by atoms with van der Waals surface area (Å²) in [4.78, 5) is 13.3. The topological polar surface area (TPSA) is 80.9 Å². The number of nitrogens with zero attached hydrogens (tertiary/aromatic N) is 2. The molecule has 0 aliphatic rings. The first kappa shape index (κ1) is 12.8. The third-order valence-corrected chi connectivity index (χ3v) is 4.09. The lowest BCUT2D eigenvalue weighted by atomic mass is 10.1. The van der Waals surface area contributed by atoms with Crippen LogP contribution in [0, 0.1) is 5.92 Å². The van der Waals surface area contributed by atoms with Crippen LogP contribution >= 0.6 is 11.3 Å². The molecule has 6 heteroatoms. The summed E-state index contributed by atoms with van der Waals surface area (Å²) in [6, 6.07) is 1.88. The van der Waals surface area contributed by atoms with Gasteiger partial charge in [-0.1, -0.05) is 13.8 Å². The number of anilines is 1. The van der Waals surface area contributed by atoms with Gasteiger partial charge in [0.2, 0.25) is 0 Å². The monoisotopic (exact) mass is 264 g/mol. The number of carbonyl (C=O) groups excluding carboxylic acids is 1. The number of thiophene rings is 1. The Morgan fingerprint density at radius 1 is 1.44 bits per heavy atom. The molecule has 0 bridgehead atoms. The van der Waals surface area contributed by atoms with Crippen LogP contribution in [0.2, 0.25) is 0 Å². The van der Waals surface area contributed by atoms with Gasteiger partial charge < -0.3 is 11.1 Å². The van der Waals surface area contributed by atoms with Crippen LogP contribution in [0.3, 0.4) is 0 Å². The smallest absolute Gasteiger partial charge is 0.263 e. The van der Waals surface area contributed by atoms with Crippen LogP contribution in [0.5, 0.6) is 0 Å². The first-order valence-corrected chi connectivity index (χ1v) is 6.63. The van der Waals surface area contributed by atoms with Crippen molar-refractivity contribution in [2.24, 2.45) is 5.92 Å². The number of amides is 1. The number of aromatic nitrogens is 2. The second-order valence-electron chi connectivity index (χ2n) is 4.60. The summed E-state index contributed by atoms with van der Waals surface area (Å²) in [5.74, 6) is 0.237. The Morgan fingerprint density at radius 3 is 2.78 bits per heavy atom. The van der Waals surface area contributed by atoms with Crippen molar-refractivity contribution in [3.05, 3.63) is 17.1 Å². The van der Waals surface area contributed by atoms with Crippen molar-refractivity contribution in [2.75, 3.05) is 5.73 Å². The van der Waals surface area contributed by atoms with E-state index in [0.717, 1.165) is 5.39 Å². The highest BCUT2D eigenvalue weighted by atomic mass is 32.1. The van der Waals surface area contributed by atoms with E-state index in [9.17, 15) is 4.79 Å². The largest absolute Gasteiger partial charge is 0.397 e. The summed E-state index contributed by atoms with van der Waals surface area (Å²) in [5.41, 5.74) is 6.46. The van der Waals surface area contributed by atoms with E-state index >= 15 is 0 Å². The van der Waals surface area contributed by atoms with Crippen LogP contribution in [0.25, 0.3) is 10.2 Å². The van der Waals surface area contributed by atoms with Gasteiger partial charge in [-0.15, -0.1) is 16.4 Å². The molecule has 0 aliphatic heterocycles. The molecule has 2 aromatic rings. The number of nitrogens with one attached hydrogen (secondary N) is 1. The summed E-state index contributed by atoms with van der Waals surface area (Å²) < 4.78 is 0. The molecule has 2 aromatic heterocycles. The van der Waals surface area contributed by atoms with E-state index in [4.69, 9.17) is 5.73 Å². The molecular formula is C12H16N4OS. The number of nitrogen functional groups attached to an aromatic ring is 1.